The van der Waals surface area contributed by atoms with E-state index in [0.717, 1.165) is 5.56 Å². The number of halogens is 2. The topological polar surface area (TPSA) is 58.2 Å². The summed E-state index contributed by atoms with van der Waals surface area (Å²) in [4.78, 5) is 23.9. The molecule has 7 heteroatoms. The van der Waals surface area contributed by atoms with Gasteiger partial charge in [0.2, 0.25) is 11.8 Å². The van der Waals surface area contributed by atoms with Gasteiger partial charge in [0.25, 0.3) is 0 Å². The molecule has 4 nitrogen and oxygen atoms in total. The molecule has 144 valence electrons. The Labute approximate surface area is 167 Å². The number of benzene rings is 2. The smallest absolute Gasteiger partial charge is 0.234 e. The van der Waals surface area contributed by atoms with Gasteiger partial charge in [-0.15, -0.1) is 11.8 Å². The Bertz CT molecular complexity index is 780. The molecule has 2 N–H and O–H groups in total. The molecule has 0 atom stereocenters. The van der Waals surface area contributed by atoms with Gasteiger partial charge in [0.1, 0.15) is 5.82 Å². The van der Waals surface area contributed by atoms with Gasteiger partial charge >= 0.3 is 0 Å². The standard InChI is InChI=1S/C20H22ClFN2O2S/c1-20(2,14-3-5-15(21)6-4-14)13-23-18(25)11-27-12-19(26)24-17-9-7-16(22)8-10-17/h3-10H,11-13H2,1-2H3,(H,23,25)(H,24,26). The lowest BCUT2D eigenvalue weighted by atomic mass is 9.84. The molecule has 2 aromatic carbocycles. The van der Waals surface area contributed by atoms with E-state index in [1.807, 2.05) is 38.1 Å². The molecule has 0 heterocycles. The molecule has 0 unspecified atom stereocenters. The summed E-state index contributed by atoms with van der Waals surface area (Å²) in [5.74, 6) is -0.392. The lowest BCUT2D eigenvalue weighted by molar-refractivity contribution is -0.118. The van der Waals surface area contributed by atoms with E-state index in [-0.39, 0.29) is 34.6 Å². The molecular weight excluding hydrogens is 387 g/mol. The largest absolute Gasteiger partial charge is 0.355 e. The summed E-state index contributed by atoms with van der Waals surface area (Å²) in [7, 11) is 0. The van der Waals surface area contributed by atoms with Crippen LogP contribution in [0.3, 0.4) is 0 Å². The van der Waals surface area contributed by atoms with Gasteiger partial charge in [-0.1, -0.05) is 37.6 Å². The molecule has 0 aromatic heterocycles. The number of nitrogens with one attached hydrogen (secondary N) is 2. The second kappa shape index (κ2) is 9.76. The summed E-state index contributed by atoms with van der Waals surface area (Å²) in [6.45, 7) is 4.56. The van der Waals surface area contributed by atoms with Gasteiger partial charge in [-0.3, -0.25) is 9.59 Å². The van der Waals surface area contributed by atoms with Crippen molar-refractivity contribution in [3.05, 3.63) is 64.9 Å². The number of amides is 2. The van der Waals surface area contributed by atoms with Crippen molar-refractivity contribution in [2.24, 2.45) is 0 Å². The Morgan fingerprint density at radius 1 is 1.00 bits per heavy atom. The maximum Gasteiger partial charge on any atom is 0.234 e. The molecule has 2 aromatic rings. The number of hydrogen-bond donors (Lipinski definition) is 2. The number of carbonyl (C=O) groups is 2. The van der Waals surface area contributed by atoms with Crippen LogP contribution < -0.4 is 10.6 Å². The fraction of sp³-hybridized carbons (Fsp3) is 0.300. The maximum atomic E-state index is 12.8. The minimum absolute atomic E-state index is 0.128. The van der Waals surface area contributed by atoms with E-state index in [2.05, 4.69) is 10.6 Å². The molecule has 0 radical (unpaired) electrons. The van der Waals surface area contributed by atoms with Crippen molar-refractivity contribution in [3.63, 3.8) is 0 Å². The third-order valence-electron chi connectivity index (χ3n) is 3.95. The zero-order chi connectivity index (χ0) is 19.9. The molecule has 0 spiro atoms. The summed E-state index contributed by atoms with van der Waals surface area (Å²) in [5, 5.41) is 6.23. The van der Waals surface area contributed by atoms with Gasteiger partial charge in [0.05, 0.1) is 11.5 Å². The molecule has 27 heavy (non-hydrogen) atoms. The molecule has 0 aliphatic rings. The van der Waals surface area contributed by atoms with Gasteiger partial charge in [0, 0.05) is 22.7 Å². The van der Waals surface area contributed by atoms with Crippen LogP contribution in [0.5, 0.6) is 0 Å². The van der Waals surface area contributed by atoms with E-state index in [4.69, 9.17) is 11.6 Å². The average Bonchev–Trinajstić information content (AvgIpc) is 2.62. The minimum Gasteiger partial charge on any atom is -0.355 e. The molecule has 0 aliphatic carbocycles. The Kier molecular flexibility index (Phi) is 7.68. The van der Waals surface area contributed by atoms with Crippen LogP contribution in [0, 0.1) is 5.82 Å². The van der Waals surface area contributed by atoms with Crippen molar-refractivity contribution in [2.75, 3.05) is 23.4 Å². The molecule has 0 aliphatic heterocycles. The molecule has 0 bridgehead atoms. The van der Waals surface area contributed by atoms with Crippen molar-refractivity contribution < 1.29 is 14.0 Å². The zero-order valence-corrected chi connectivity index (χ0v) is 16.8. The van der Waals surface area contributed by atoms with Crippen LogP contribution in [0.1, 0.15) is 19.4 Å². The van der Waals surface area contributed by atoms with E-state index >= 15 is 0 Å². The number of anilines is 1. The monoisotopic (exact) mass is 408 g/mol. The van der Waals surface area contributed by atoms with Crippen molar-refractivity contribution in [3.8, 4) is 0 Å². The lowest BCUT2D eigenvalue weighted by Crippen LogP contribution is -2.37. The first-order valence-corrected chi connectivity index (χ1v) is 9.95. The molecule has 2 amide bonds. The number of hydrogen-bond acceptors (Lipinski definition) is 3. The predicted octanol–water partition coefficient (Wildman–Crippen LogP) is 4.24. The number of carbonyl (C=O) groups excluding carboxylic acids is 2. The highest BCUT2D eigenvalue weighted by Crippen LogP contribution is 2.23. The first kappa shape index (κ1) is 21.3. The fourth-order valence-corrected chi connectivity index (χ4v) is 3.11. The predicted molar refractivity (Wildman–Crippen MR) is 110 cm³/mol. The van der Waals surface area contributed by atoms with E-state index in [9.17, 15) is 14.0 Å². The second-order valence-corrected chi connectivity index (χ2v) is 8.14. The Morgan fingerprint density at radius 2 is 1.59 bits per heavy atom. The summed E-state index contributed by atoms with van der Waals surface area (Å²) in [6.07, 6.45) is 0. The van der Waals surface area contributed by atoms with Gasteiger partial charge in [-0.25, -0.2) is 4.39 Å². The summed E-state index contributed by atoms with van der Waals surface area (Å²) in [6, 6.07) is 13.1. The Hall–Kier alpha value is -2.05. The third-order valence-corrected chi connectivity index (χ3v) is 5.13. The molecule has 0 fully saturated rings. The minimum atomic E-state index is -0.361. The fourth-order valence-electron chi connectivity index (χ4n) is 2.34. The highest BCUT2D eigenvalue weighted by Gasteiger charge is 2.21. The summed E-state index contributed by atoms with van der Waals surface area (Å²) >= 11 is 7.13. The van der Waals surface area contributed by atoms with E-state index < -0.39 is 0 Å². The van der Waals surface area contributed by atoms with Crippen LogP contribution >= 0.6 is 23.4 Å². The van der Waals surface area contributed by atoms with Gasteiger partial charge in [-0.2, -0.15) is 0 Å². The van der Waals surface area contributed by atoms with Crippen LogP contribution in [-0.4, -0.2) is 29.9 Å². The van der Waals surface area contributed by atoms with E-state index in [1.165, 1.54) is 36.0 Å². The Morgan fingerprint density at radius 3 is 2.22 bits per heavy atom. The summed E-state index contributed by atoms with van der Waals surface area (Å²) < 4.78 is 12.8. The van der Waals surface area contributed by atoms with Crippen molar-refractivity contribution in [2.45, 2.75) is 19.3 Å². The maximum absolute atomic E-state index is 12.8. The normalized spacial score (nSPS) is 11.1. The van der Waals surface area contributed by atoms with Crippen LogP contribution in [0.2, 0.25) is 5.02 Å². The Balaban J connectivity index is 1.70. The zero-order valence-electron chi connectivity index (χ0n) is 15.2. The van der Waals surface area contributed by atoms with E-state index in [0.29, 0.717) is 17.3 Å². The first-order chi connectivity index (χ1) is 12.8. The first-order valence-electron chi connectivity index (χ1n) is 8.42. The van der Waals surface area contributed by atoms with Crippen molar-refractivity contribution in [1.29, 1.82) is 0 Å². The molecule has 2 rings (SSSR count). The summed E-state index contributed by atoms with van der Waals surface area (Å²) in [5.41, 5.74) is 1.37. The number of thioether (sulfide) groups is 1. The van der Waals surface area contributed by atoms with Gasteiger partial charge < -0.3 is 10.6 Å². The van der Waals surface area contributed by atoms with Crippen LogP contribution in [-0.2, 0) is 15.0 Å². The van der Waals surface area contributed by atoms with E-state index in [1.54, 1.807) is 0 Å². The van der Waals surface area contributed by atoms with Crippen LogP contribution in [0.25, 0.3) is 0 Å². The van der Waals surface area contributed by atoms with Gasteiger partial charge in [-0.05, 0) is 42.0 Å². The molecule has 0 saturated heterocycles. The third kappa shape index (κ3) is 7.23. The highest BCUT2D eigenvalue weighted by molar-refractivity contribution is 8.00. The number of rotatable bonds is 8. The van der Waals surface area contributed by atoms with Crippen LogP contribution in [0.4, 0.5) is 10.1 Å². The average molecular weight is 409 g/mol. The van der Waals surface area contributed by atoms with Crippen LogP contribution in [0.15, 0.2) is 48.5 Å². The molecular formula is C20H22ClFN2O2S. The SMILES string of the molecule is CC(C)(CNC(=O)CSCC(=O)Nc1ccc(F)cc1)c1ccc(Cl)cc1. The second-order valence-electron chi connectivity index (χ2n) is 6.72. The van der Waals surface area contributed by atoms with Crippen molar-refractivity contribution >= 4 is 40.9 Å². The quantitative estimate of drug-likeness (QED) is 0.686. The molecule has 0 saturated carbocycles. The lowest BCUT2D eigenvalue weighted by Gasteiger charge is -2.25. The van der Waals surface area contributed by atoms with Crippen molar-refractivity contribution in [1.82, 2.24) is 5.32 Å². The van der Waals surface area contributed by atoms with Gasteiger partial charge in [0.15, 0.2) is 0 Å². The highest BCUT2D eigenvalue weighted by atomic mass is 35.5.